The summed E-state index contributed by atoms with van der Waals surface area (Å²) >= 11 is 1.62. The van der Waals surface area contributed by atoms with E-state index in [1.165, 1.54) is 0 Å². The zero-order valence-corrected chi connectivity index (χ0v) is 15.2. The first-order valence-corrected chi connectivity index (χ1v) is 9.67. The molecule has 134 valence electrons. The first kappa shape index (κ1) is 16.9. The summed E-state index contributed by atoms with van der Waals surface area (Å²) in [6.07, 6.45) is 0.484. The van der Waals surface area contributed by atoms with Gasteiger partial charge in [0, 0.05) is 43.7 Å². The van der Waals surface area contributed by atoms with Gasteiger partial charge in [-0.05, 0) is 32.0 Å². The zero-order valence-electron chi connectivity index (χ0n) is 14.4. The van der Waals surface area contributed by atoms with E-state index in [2.05, 4.69) is 14.8 Å². The lowest BCUT2D eigenvalue weighted by Gasteiger charge is -2.47. The number of aryl methyl sites for hydroxylation is 1. The molecule has 3 heterocycles. The number of para-hydroxylation sites is 1. The van der Waals surface area contributed by atoms with E-state index in [1.807, 2.05) is 42.6 Å². The van der Waals surface area contributed by atoms with Crippen molar-refractivity contribution in [3.8, 4) is 0 Å². The van der Waals surface area contributed by atoms with Crippen molar-refractivity contribution in [3.05, 3.63) is 46.4 Å². The molecule has 1 spiro atoms. The van der Waals surface area contributed by atoms with E-state index in [1.54, 1.807) is 11.3 Å². The van der Waals surface area contributed by atoms with Crippen molar-refractivity contribution in [2.24, 2.45) is 5.41 Å². The SMILES string of the molecule is Cc1nc(CN2CC[C@]3(C2)CN(c2ccccc2)CCC3(F)F)cs1. The Morgan fingerprint density at radius 2 is 1.92 bits per heavy atom. The normalized spacial score (nSPS) is 26.4. The minimum atomic E-state index is -2.61. The van der Waals surface area contributed by atoms with Crippen LogP contribution in [-0.2, 0) is 6.54 Å². The van der Waals surface area contributed by atoms with Crippen molar-refractivity contribution >= 4 is 17.0 Å². The Morgan fingerprint density at radius 3 is 2.64 bits per heavy atom. The van der Waals surface area contributed by atoms with Crippen molar-refractivity contribution in [2.75, 3.05) is 31.1 Å². The van der Waals surface area contributed by atoms with E-state index in [4.69, 9.17) is 0 Å². The van der Waals surface area contributed by atoms with Crippen LogP contribution in [0.5, 0.6) is 0 Å². The van der Waals surface area contributed by atoms with Gasteiger partial charge in [0.2, 0.25) is 0 Å². The molecule has 0 amide bonds. The van der Waals surface area contributed by atoms with Crippen LogP contribution in [0.25, 0.3) is 0 Å². The molecule has 2 aliphatic rings. The van der Waals surface area contributed by atoms with Gasteiger partial charge in [0.05, 0.1) is 16.1 Å². The molecule has 4 rings (SSSR count). The van der Waals surface area contributed by atoms with Crippen molar-refractivity contribution in [1.29, 1.82) is 0 Å². The van der Waals surface area contributed by atoms with Crippen molar-refractivity contribution in [1.82, 2.24) is 9.88 Å². The molecule has 1 atom stereocenters. The molecular weight excluding hydrogens is 340 g/mol. The number of rotatable bonds is 3. The van der Waals surface area contributed by atoms with Crippen LogP contribution < -0.4 is 4.90 Å². The Bertz CT molecular complexity index is 733. The Hall–Kier alpha value is -1.53. The van der Waals surface area contributed by atoms with E-state index in [0.29, 0.717) is 32.6 Å². The molecule has 0 unspecified atom stereocenters. The summed E-state index contributed by atoms with van der Waals surface area (Å²) in [7, 11) is 0. The highest BCUT2D eigenvalue weighted by Crippen LogP contribution is 2.50. The van der Waals surface area contributed by atoms with Gasteiger partial charge in [0.25, 0.3) is 5.92 Å². The standard InChI is InChI=1S/C19H23F2N3S/c1-15-22-16(12-25-15)11-23-9-7-18(13-23)14-24(10-8-19(18,20)21)17-5-3-2-4-6-17/h2-6,12H,7-11,13-14H2,1H3/t18-/m0/s1. The Labute approximate surface area is 151 Å². The quantitative estimate of drug-likeness (QED) is 0.815. The highest BCUT2D eigenvalue weighted by molar-refractivity contribution is 7.09. The largest absolute Gasteiger partial charge is 0.370 e. The minimum Gasteiger partial charge on any atom is -0.370 e. The van der Waals surface area contributed by atoms with Crippen LogP contribution in [0.4, 0.5) is 14.5 Å². The number of aromatic nitrogens is 1. The average Bonchev–Trinajstić information content (AvgIpc) is 3.19. The van der Waals surface area contributed by atoms with Crippen molar-refractivity contribution < 1.29 is 8.78 Å². The van der Waals surface area contributed by atoms with Crippen LogP contribution >= 0.6 is 11.3 Å². The number of likely N-dealkylation sites (tertiary alicyclic amines) is 1. The summed E-state index contributed by atoms with van der Waals surface area (Å²) in [6.45, 7) is 4.66. The highest BCUT2D eigenvalue weighted by atomic mass is 32.1. The summed E-state index contributed by atoms with van der Waals surface area (Å²) in [4.78, 5) is 8.77. The third kappa shape index (κ3) is 3.17. The number of alkyl halides is 2. The molecule has 2 aromatic rings. The number of benzene rings is 1. The van der Waals surface area contributed by atoms with Crippen LogP contribution in [0.3, 0.4) is 0 Å². The second kappa shape index (κ2) is 6.32. The van der Waals surface area contributed by atoms with Crippen LogP contribution in [0.2, 0.25) is 0 Å². The molecule has 0 saturated carbocycles. The van der Waals surface area contributed by atoms with Crippen LogP contribution in [0, 0.1) is 12.3 Å². The van der Waals surface area contributed by atoms with Gasteiger partial charge in [-0.15, -0.1) is 11.3 Å². The Kier molecular flexibility index (Phi) is 4.28. The molecule has 3 nitrogen and oxygen atoms in total. The van der Waals surface area contributed by atoms with Gasteiger partial charge in [0.1, 0.15) is 0 Å². The molecule has 2 fully saturated rings. The molecule has 0 N–H and O–H groups in total. The van der Waals surface area contributed by atoms with E-state index < -0.39 is 11.3 Å². The molecule has 25 heavy (non-hydrogen) atoms. The molecule has 1 aromatic carbocycles. The number of hydrogen-bond acceptors (Lipinski definition) is 4. The molecule has 0 radical (unpaired) electrons. The third-order valence-electron chi connectivity index (χ3n) is 5.57. The smallest absolute Gasteiger partial charge is 0.258 e. The lowest BCUT2D eigenvalue weighted by atomic mass is 9.75. The fourth-order valence-corrected chi connectivity index (χ4v) is 4.79. The Morgan fingerprint density at radius 1 is 1.12 bits per heavy atom. The van der Waals surface area contributed by atoms with E-state index in [9.17, 15) is 8.78 Å². The zero-order chi connectivity index (χ0) is 17.5. The molecule has 6 heteroatoms. The fourth-order valence-electron chi connectivity index (χ4n) is 4.19. The first-order chi connectivity index (χ1) is 12.0. The van der Waals surface area contributed by atoms with Gasteiger partial charge in [0.15, 0.2) is 0 Å². The van der Waals surface area contributed by atoms with Gasteiger partial charge < -0.3 is 4.90 Å². The van der Waals surface area contributed by atoms with Gasteiger partial charge in [-0.1, -0.05) is 18.2 Å². The predicted molar refractivity (Wildman–Crippen MR) is 97.4 cm³/mol. The van der Waals surface area contributed by atoms with Crippen LogP contribution in [0.1, 0.15) is 23.5 Å². The first-order valence-electron chi connectivity index (χ1n) is 8.79. The summed E-state index contributed by atoms with van der Waals surface area (Å²) in [5.74, 6) is -2.61. The summed E-state index contributed by atoms with van der Waals surface area (Å²) in [6, 6.07) is 9.94. The molecule has 2 aliphatic heterocycles. The molecule has 1 aromatic heterocycles. The molecule has 0 bridgehead atoms. The van der Waals surface area contributed by atoms with Gasteiger partial charge in [-0.3, -0.25) is 4.90 Å². The molecular formula is C19H23F2N3S. The van der Waals surface area contributed by atoms with Gasteiger partial charge in [-0.2, -0.15) is 0 Å². The highest BCUT2D eigenvalue weighted by Gasteiger charge is 2.59. The number of thiazole rings is 1. The second-order valence-corrected chi connectivity index (χ2v) is 8.37. The van der Waals surface area contributed by atoms with Gasteiger partial charge >= 0.3 is 0 Å². The molecule has 2 saturated heterocycles. The van der Waals surface area contributed by atoms with Crippen molar-refractivity contribution in [2.45, 2.75) is 32.2 Å². The van der Waals surface area contributed by atoms with E-state index >= 15 is 0 Å². The monoisotopic (exact) mass is 363 g/mol. The van der Waals surface area contributed by atoms with E-state index in [-0.39, 0.29) is 6.42 Å². The third-order valence-corrected chi connectivity index (χ3v) is 6.39. The topological polar surface area (TPSA) is 19.4 Å². The minimum absolute atomic E-state index is 0.0639. The predicted octanol–water partition coefficient (Wildman–Crippen LogP) is 4.19. The summed E-state index contributed by atoms with van der Waals surface area (Å²) in [5, 5.41) is 3.07. The summed E-state index contributed by atoms with van der Waals surface area (Å²) in [5.41, 5.74) is 1.09. The number of hydrogen-bond donors (Lipinski definition) is 0. The molecule has 0 aliphatic carbocycles. The van der Waals surface area contributed by atoms with Crippen LogP contribution in [0.15, 0.2) is 35.7 Å². The maximum Gasteiger partial charge on any atom is 0.258 e. The lowest BCUT2D eigenvalue weighted by molar-refractivity contribution is -0.129. The van der Waals surface area contributed by atoms with Crippen molar-refractivity contribution in [3.63, 3.8) is 0 Å². The maximum atomic E-state index is 14.9. The number of anilines is 1. The van der Waals surface area contributed by atoms with Gasteiger partial charge in [-0.25, -0.2) is 13.8 Å². The fraction of sp³-hybridized carbons (Fsp3) is 0.526. The lowest BCUT2D eigenvalue weighted by Crippen LogP contribution is -2.57. The number of nitrogens with zero attached hydrogens (tertiary/aromatic N) is 3. The summed E-state index contributed by atoms with van der Waals surface area (Å²) < 4.78 is 29.8. The number of halogens is 2. The number of piperidine rings is 1. The average molecular weight is 363 g/mol. The second-order valence-electron chi connectivity index (χ2n) is 7.31. The maximum absolute atomic E-state index is 14.9. The van der Waals surface area contributed by atoms with Crippen LogP contribution in [-0.4, -0.2) is 42.0 Å². The Balaban J connectivity index is 1.52. The van der Waals surface area contributed by atoms with E-state index in [0.717, 1.165) is 22.9 Å².